The van der Waals surface area contributed by atoms with Crippen LogP contribution in [0.3, 0.4) is 0 Å². The molecular formula is C16H25N3O2S. The lowest BCUT2D eigenvalue weighted by Crippen LogP contribution is -2.42. The highest BCUT2D eigenvalue weighted by Crippen LogP contribution is 2.30. The van der Waals surface area contributed by atoms with E-state index in [1.807, 2.05) is 11.9 Å². The minimum atomic E-state index is -0.602. The molecule has 1 aromatic heterocycles. The fourth-order valence-electron chi connectivity index (χ4n) is 3.56. The number of rotatable bonds is 5. The molecule has 0 aliphatic heterocycles. The Hall–Kier alpha value is -0.980. The maximum Gasteiger partial charge on any atom is 0.240 e. The number of anilines is 1. The molecule has 0 atom stereocenters. The van der Waals surface area contributed by atoms with Crippen LogP contribution in [0.25, 0.3) is 0 Å². The number of nitrogens with one attached hydrogen (secondary N) is 1. The standard InChI is InChI=1S/C16H25N3O2S/c1-19(11-16(21)8-4-5-9-16)10-14(20)18-15-17-12-6-2-3-7-13(12)22-15/h21H,2-11H2,1H3,(H,17,18,20). The highest BCUT2D eigenvalue weighted by atomic mass is 32.1. The molecule has 5 nitrogen and oxygen atoms in total. The van der Waals surface area contributed by atoms with E-state index < -0.39 is 5.60 Å². The zero-order valence-corrected chi connectivity index (χ0v) is 14.0. The topological polar surface area (TPSA) is 65.5 Å². The Morgan fingerprint density at radius 2 is 2.05 bits per heavy atom. The quantitative estimate of drug-likeness (QED) is 0.872. The van der Waals surface area contributed by atoms with Gasteiger partial charge in [-0.3, -0.25) is 9.69 Å². The van der Waals surface area contributed by atoms with Crippen molar-refractivity contribution in [3.63, 3.8) is 0 Å². The van der Waals surface area contributed by atoms with E-state index in [2.05, 4.69) is 10.3 Å². The molecular weight excluding hydrogens is 298 g/mol. The summed E-state index contributed by atoms with van der Waals surface area (Å²) in [6.07, 6.45) is 8.42. The molecule has 0 aromatic carbocycles. The smallest absolute Gasteiger partial charge is 0.240 e. The summed E-state index contributed by atoms with van der Waals surface area (Å²) in [5.41, 5.74) is 0.565. The molecule has 122 valence electrons. The number of thiazole rings is 1. The van der Waals surface area contributed by atoms with Crippen LogP contribution in [0, 0.1) is 0 Å². The Bertz CT molecular complexity index is 514. The van der Waals surface area contributed by atoms with Gasteiger partial charge in [-0.15, -0.1) is 11.3 Å². The van der Waals surface area contributed by atoms with Gasteiger partial charge in [-0.2, -0.15) is 0 Å². The van der Waals surface area contributed by atoms with Gasteiger partial charge in [0, 0.05) is 11.4 Å². The molecule has 2 N–H and O–H groups in total. The predicted molar refractivity (Wildman–Crippen MR) is 88.3 cm³/mol. The zero-order valence-electron chi connectivity index (χ0n) is 13.2. The predicted octanol–water partition coefficient (Wildman–Crippen LogP) is 2.20. The number of amides is 1. The van der Waals surface area contributed by atoms with Gasteiger partial charge in [-0.1, -0.05) is 12.8 Å². The second-order valence-corrected chi connectivity index (χ2v) is 7.83. The summed E-state index contributed by atoms with van der Waals surface area (Å²) in [6, 6.07) is 0. The van der Waals surface area contributed by atoms with Crippen molar-refractivity contribution in [2.24, 2.45) is 0 Å². The van der Waals surface area contributed by atoms with Crippen LogP contribution < -0.4 is 5.32 Å². The second-order valence-electron chi connectivity index (χ2n) is 6.75. The summed E-state index contributed by atoms with van der Waals surface area (Å²) in [5.74, 6) is -0.0461. The van der Waals surface area contributed by atoms with E-state index in [0.29, 0.717) is 13.1 Å². The monoisotopic (exact) mass is 323 g/mol. The lowest BCUT2D eigenvalue weighted by Gasteiger charge is -2.28. The fraction of sp³-hybridized carbons (Fsp3) is 0.750. The van der Waals surface area contributed by atoms with Crippen molar-refractivity contribution >= 4 is 22.4 Å². The Morgan fingerprint density at radius 3 is 2.77 bits per heavy atom. The van der Waals surface area contributed by atoms with Crippen LogP contribution in [0.2, 0.25) is 0 Å². The lowest BCUT2D eigenvalue weighted by molar-refractivity contribution is -0.117. The van der Waals surface area contributed by atoms with Crippen molar-refractivity contribution in [3.05, 3.63) is 10.6 Å². The Kier molecular flexibility index (Phi) is 4.80. The Balaban J connectivity index is 1.50. The first-order valence-electron chi connectivity index (χ1n) is 8.23. The van der Waals surface area contributed by atoms with Crippen LogP contribution in [0.4, 0.5) is 5.13 Å². The summed E-state index contributed by atoms with van der Waals surface area (Å²) >= 11 is 1.61. The normalized spacial score (nSPS) is 20.1. The number of nitrogens with zero attached hydrogens (tertiary/aromatic N) is 2. The highest BCUT2D eigenvalue weighted by Gasteiger charge is 2.32. The molecule has 0 saturated heterocycles. The van der Waals surface area contributed by atoms with E-state index in [9.17, 15) is 9.90 Å². The third-order valence-corrected chi connectivity index (χ3v) is 5.68. The van der Waals surface area contributed by atoms with E-state index in [1.54, 1.807) is 11.3 Å². The summed E-state index contributed by atoms with van der Waals surface area (Å²) < 4.78 is 0. The van der Waals surface area contributed by atoms with E-state index in [-0.39, 0.29) is 5.91 Å². The minimum Gasteiger partial charge on any atom is -0.389 e. The van der Waals surface area contributed by atoms with Gasteiger partial charge in [0.2, 0.25) is 5.91 Å². The maximum absolute atomic E-state index is 12.1. The number of hydrogen-bond donors (Lipinski definition) is 2. The summed E-state index contributed by atoms with van der Waals surface area (Å²) in [6.45, 7) is 0.862. The van der Waals surface area contributed by atoms with Crippen molar-refractivity contribution in [1.82, 2.24) is 9.88 Å². The van der Waals surface area contributed by atoms with Gasteiger partial charge < -0.3 is 10.4 Å². The molecule has 1 saturated carbocycles. The summed E-state index contributed by atoms with van der Waals surface area (Å²) in [4.78, 5) is 19.9. The summed E-state index contributed by atoms with van der Waals surface area (Å²) in [5, 5.41) is 14.0. The van der Waals surface area contributed by atoms with Crippen molar-refractivity contribution in [1.29, 1.82) is 0 Å². The number of aryl methyl sites for hydroxylation is 2. The van der Waals surface area contributed by atoms with Gasteiger partial charge in [-0.05, 0) is 45.6 Å². The molecule has 6 heteroatoms. The highest BCUT2D eigenvalue weighted by molar-refractivity contribution is 7.15. The van der Waals surface area contributed by atoms with Crippen LogP contribution in [0.5, 0.6) is 0 Å². The number of fused-ring (bicyclic) bond motifs is 1. The van der Waals surface area contributed by atoms with Crippen molar-refractivity contribution in [2.75, 3.05) is 25.5 Å². The molecule has 3 rings (SSSR count). The van der Waals surface area contributed by atoms with Gasteiger partial charge in [0.15, 0.2) is 5.13 Å². The fourth-order valence-corrected chi connectivity index (χ4v) is 4.62. The van der Waals surface area contributed by atoms with E-state index in [1.165, 1.54) is 23.4 Å². The molecule has 2 aliphatic carbocycles. The van der Waals surface area contributed by atoms with Gasteiger partial charge in [0.05, 0.1) is 17.8 Å². The van der Waals surface area contributed by atoms with Crippen LogP contribution >= 0.6 is 11.3 Å². The molecule has 0 bridgehead atoms. The lowest BCUT2D eigenvalue weighted by atomic mass is 10.0. The first-order valence-corrected chi connectivity index (χ1v) is 9.05. The maximum atomic E-state index is 12.1. The average molecular weight is 323 g/mol. The van der Waals surface area contributed by atoms with Crippen molar-refractivity contribution < 1.29 is 9.90 Å². The van der Waals surface area contributed by atoms with E-state index >= 15 is 0 Å². The molecule has 1 aromatic rings. The third kappa shape index (κ3) is 3.86. The number of aromatic nitrogens is 1. The van der Waals surface area contributed by atoms with Crippen LogP contribution in [-0.2, 0) is 17.6 Å². The van der Waals surface area contributed by atoms with Gasteiger partial charge in [0.1, 0.15) is 0 Å². The van der Waals surface area contributed by atoms with Gasteiger partial charge in [-0.25, -0.2) is 4.98 Å². The van der Waals surface area contributed by atoms with Crippen LogP contribution in [0.15, 0.2) is 0 Å². The number of likely N-dealkylation sites (N-methyl/N-ethyl adjacent to an activating group) is 1. The van der Waals surface area contributed by atoms with Crippen molar-refractivity contribution in [2.45, 2.75) is 57.0 Å². The third-order valence-electron chi connectivity index (χ3n) is 4.60. The second kappa shape index (κ2) is 6.64. The van der Waals surface area contributed by atoms with Gasteiger partial charge >= 0.3 is 0 Å². The molecule has 1 heterocycles. The van der Waals surface area contributed by atoms with Gasteiger partial charge in [0.25, 0.3) is 0 Å². The number of carbonyl (C=O) groups is 1. The summed E-state index contributed by atoms with van der Waals surface area (Å²) in [7, 11) is 1.89. The average Bonchev–Trinajstić information content (AvgIpc) is 3.03. The Labute approximate surface area is 135 Å². The molecule has 2 aliphatic rings. The molecule has 1 fully saturated rings. The van der Waals surface area contributed by atoms with E-state index in [0.717, 1.165) is 43.7 Å². The van der Waals surface area contributed by atoms with Crippen LogP contribution in [-0.4, -0.2) is 46.6 Å². The molecule has 1 amide bonds. The molecule has 0 unspecified atom stereocenters. The SMILES string of the molecule is CN(CC(=O)Nc1nc2c(s1)CCCC2)CC1(O)CCCC1. The minimum absolute atomic E-state index is 0.0461. The van der Waals surface area contributed by atoms with Crippen molar-refractivity contribution in [3.8, 4) is 0 Å². The number of carbonyl (C=O) groups excluding carboxylic acids is 1. The first-order chi connectivity index (χ1) is 10.5. The number of aliphatic hydroxyl groups is 1. The first kappa shape index (κ1) is 15.9. The zero-order chi connectivity index (χ0) is 15.6. The molecule has 22 heavy (non-hydrogen) atoms. The number of hydrogen-bond acceptors (Lipinski definition) is 5. The molecule has 0 radical (unpaired) electrons. The molecule has 0 spiro atoms. The van der Waals surface area contributed by atoms with Crippen LogP contribution in [0.1, 0.15) is 49.1 Å². The largest absolute Gasteiger partial charge is 0.389 e. The Morgan fingerprint density at radius 1 is 1.32 bits per heavy atom. The van der Waals surface area contributed by atoms with E-state index in [4.69, 9.17) is 0 Å².